The first-order chi connectivity index (χ1) is 15.2. The minimum absolute atomic E-state index is 0.271. The fraction of sp³-hybridized carbons (Fsp3) is 0.462. The number of benzene rings is 2. The van der Waals surface area contributed by atoms with Crippen molar-refractivity contribution in [1.82, 2.24) is 9.55 Å². The number of fused-ring (bicyclic) bond motifs is 1. The van der Waals surface area contributed by atoms with Gasteiger partial charge in [0, 0.05) is 24.7 Å². The number of anilines is 2. The number of nitrogens with one attached hydrogen (secondary N) is 1. The highest BCUT2D eigenvalue weighted by Crippen LogP contribution is 2.46. The van der Waals surface area contributed by atoms with Gasteiger partial charge in [-0.1, -0.05) is 20.8 Å². The molecular weight excluding hydrogens is 402 g/mol. The Bertz CT molecular complexity index is 1100. The van der Waals surface area contributed by atoms with Crippen LogP contribution in [0.1, 0.15) is 59.9 Å². The van der Waals surface area contributed by atoms with E-state index >= 15 is 0 Å². The Morgan fingerprint density at radius 3 is 2.53 bits per heavy atom. The summed E-state index contributed by atoms with van der Waals surface area (Å²) in [7, 11) is 0. The third-order valence-electron chi connectivity index (χ3n) is 6.07. The summed E-state index contributed by atoms with van der Waals surface area (Å²) in [6.45, 7) is 11.1. The zero-order chi connectivity index (χ0) is 22.9. The molecule has 1 aliphatic rings. The molecule has 6 nitrogen and oxygen atoms in total. The highest BCUT2D eigenvalue weighted by atomic mass is 16.5. The normalized spacial score (nSPS) is 20.2. The number of aromatic nitrogens is 2. The van der Waals surface area contributed by atoms with Gasteiger partial charge in [-0.2, -0.15) is 0 Å². The molecule has 170 valence electrons. The summed E-state index contributed by atoms with van der Waals surface area (Å²) in [4.78, 5) is 16.3. The largest absolute Gasteiger partial charge is 0.494 e. The van der Waals surface area contributed by atoms with Crippen LogP contribution in [0.2, 0.25) is 0 Å². The first kappa shape index (κ1) is 22.2. The molecule has 32 heavy (non-hydrogen) atoms. The average Bonchev–Trinajstić information content (AvgIpc) is 3.04. The number of carbonyl (C=O) groups is 1. The quantitative estimate of drug-likeness (QED) is 0.354. The van der Waals surface area contributed by atoms with E-state index in [1.807, 2.05) is 49.4 Å². The van der Waals surface area contributed by atoms with Crippen LogP contribution >= 0.6 is 0 Å². The molecule has 6 heteroatoms. The van der Waals surface area contributed by atoms with Crippen molar-refractivity contribution in [2.75, 3.05) is 11.9 Å². The molecule has 1 aromatic heterocycles. The van der Waals surface area contributed by atoms with E-state index < -0.39 is 0 Å². The van der Waals surface area contributed by atoms with Gasteiger partial charge in [0.1, 0.15) is 11.5 Å². The Labute approximate surface area is 189 Å². The Balaban J connectivity index is 1.75. The summed E-state index contributed by atoms with van der Waals surface area (Å²) < 4.78 is 13.2. The second-order valence-electron chi connectivity index (χ2n) is 9.70. The van der Waals surface area contributed by atoms with E-state index in [0.717, 1.165) is 41.3 Å². The lowest BCUT2D eigenvalue weighted by Crippen LogP contribution is -2.29. The molecule has 1 aliphatic carbocycles. The topological polar surface area (TPSA) is 65.4 Å². The van der Waals surface area contributed by atoms with Crippen molar-refractivity contribution in [2.24, 2.45) is 11.3 Å². The Morgan fingerprint density at radius 2 is 1.88 bits per heavy atom. The number of hydrogen-bond acceptors (Lipinski definition) is 5. The van der Waals surface area contributed by atoms with Gasteiger partial charge >= 0.3 is 5.97 Å². The van der Waals surface area contributed by atoms with Crippen LogP contribution in [0.25, 0.3) is 11.0 Å². The second kappa shape index (κ2) is 8.85. The van der Waals surface area contributed by atoms with Crippen molar-refractivity contribution in [2.45, 2.75) is 59.9 Å². The van der Waals surface area contributed by atoms with Gasteiger partial charge in [-0.25, -0.2) is 4.98 Å². The number of imidazole rings is 1. The van der Waals surface area contributed by atoms with E-state index in [-0.39, 0.29) is 11.4 Å². The van der Waals surface area contributed by atoms with Crippen LogP contribution in [0.5, 0.6) is 11.5 Å². The summed E-state index contributed by atoms with van der Waals surface area (Å²) in [6, 6.07) is 14.0. The van der Waals surface area contributed by atoms with E-state index in [4.69, 9.17) is 14.5 Å². The molecule has 4 rings (SSSR count). The third kappa shape index (κ3) is 4.90. The Morgan fingerprint density at radius 1 is 1.16 bits per heavy atom. The minimum atomic E-state index is -0.334. The molecule has 1 fully saturated rings. The molecule has 0 saturated heterocycles. The second-order valence-corrected chi connectivity index (χ2v) is 9.70. The van der Waals surface area contributed by atoms with Crippen molar-refractivity contribution in [1.29, 1.82) is 0 Å². The maximum atomic E-state index is 11.4. The van der Waals surface area contributed by atoms with Gasteiger partial charge in [0.25, 0.3) is 0 Å². The lowest BCUT2D eigenvalue weighted by molar-refractivity contribution is -0.131. The molecule has 2 atom stereocenters. The molecule has 0 aliphatic heterocycles. The van der Waals surface area contributed by atoms with Crippen LogP contribution in [-0.4, -0.2) is 22.1 Å². The third-order valence-corrected chi connectivity index (χ3v) is 6.07. The van der Waals surface area contributed by atoms with E-state index in [2.05, 4.69) is 30.7 Å². The van der Waals surface area contributed by atoms with Gasteiger partial charge in [0.05, 0.1) is 17.6 Å². The van der Waals surface area contributed by atoms with Crippen molar-refractivity contribution in [3.63, 3.8) is 0 Å². The Hall–Kier alpha value is -3.02. The van der Waals surface area contributed by atoms with Gasteiger partial charge in [-0.3, -0.25) is 4.79 Å². The zero-order valence-electron chi connectivity index (χ0n) is 19.6. The summed E-state index contributed by atoms with van der Waals surface area (Å²) in [5.41, 5.74) is 3.08. The van der Waals surface area contributed by atoms with Gasteiger partial charge in [-0.15, -0.1) is 0 Å². The fourth-order valence-electron chi connectivity index (χ4n) is 5.19. The SMILES string of the molecule is CCOc1ccc(Nc2nc3cc(OC(C)=O)ccc3n2[C@H]2C[C@@H](C)CC(C)(C)C2)cc1. The summed E-state index contributed by atoms with van der Waals surface area (Å²) in [5, 5.41) is 3.52. The first-order valence-corrected chi connectivity index (χ1v) is 11.4. The molecule has 0 unspecified atom stereocenters. The predicted molar refractivity (Wildman–Crippen MR) is 128 cm³/mol. The van der Waals surface area contributed by atoms with Crippen LogP contribution in [0.15, 0.2) is 42.5 Å². The maximum absolute atomic E-state index is 11.4. The van der Waals surface area contributed by atoms with Crippen molar-refractivity contribution in [3.8, 4) is 11.5 Å². The smallest absolute Gasteiger partial charge is 0.308 e. The van der Waals surface area contributed by atoms with E-state index in [9.17, 15) is 4.79 Å². The van der Waals surface area contributed by atoms with Crippen LogP contribution in [-0.2, 0) is 4.79 Å². The summed E-state index contributed by atoms with van der Waals surface area (Å²) in [5.74, 6) is 2.47. The van der Waals surface area contributed by atoms with Gasteiger partial charge in [0.15, 0.2) is 0 Å². The van der Waals surface area contributed by atoms with Crippen LogP contribution < -0.4 is 14.8 Å². The molecular formula is C26H33N3O3. The van der Waals surface area contributed by atoms with Crippen molar-refractivity contribution < 1.29 is 14.3 Å². The molecule has 0 radical (unpaired) electrons. The van der Waals surface area contributed by atoms with E-state index in [1.54, 1.807) is 0 Å². The number of rotatable bonds is 6. The highest BCUT2D eigenvalue weighted by molar-refractivity contribution is 5.82. The maximum Gasteiger partial charge on any atom is 0.308 e. The van der Waals surface area contributed by atoms with Gasteiger partial charge in [0.2, 0.25) is 5.95 Å². The minimum Gasteiger partial charge on any atom is -0.494 e. The lowest BCUT2D eigenvalue weighted by atomic mass is 9.70. The molecule has 0 bridgehead atoms. The molecule has 1 heterocycles. The molecule has 1 saturated carbocycles. The number of esters is 1. The molecule has 1 N–H and O–H groups in total. The zero-order valence-corrected chi connectivity index (χ0v) is 19.6. The van der Waals surface area contributed by atoms with Gasteiger partial charge in [-0.05, 0) is 73.9 Å². The molecule has 3 aromatic rings. The number of nitrogens with zero attached hydrogens (tertiary/aromatic N) is 2. The molecule has 0 amide bonds. The Kier molecular flexibility index (Phi) is 6.13. The monoisotopic (exact) mass is 435 g/mol. The number of ether oxygens (including phenoxy) is 2. The van der Waals surface area contributed by atoms with E-state index in [1.165, 1.54) is 13.3 Å². The first-order valence-electron chi connectivity index (χ1n) is 11.4. The summed E-state index contributed by atoms with van der Waals surface area (Å²) in [6.07, 6.45) is 3.43. The highest BCUT2D eigenvalue weighted by Gasteiger charge is 2.34. The van der Waals surface area contributed by atoms with Gasteiger partial charge < -0.3 is 19.4 Å². The number of carbonyl (C=O) groups excluding carboxylic acids is 1. The van der Waals surface area contributed by atoms with E-state index in [0.29, 0.717) is 24.3 Å². The van der Waals surface area contributed by atoms with Crippen LogP contribution in [0.4, 0.5) is 11.6 Å². The lowest BCUT2D eigenvalue weighted by Gasteiger charge is -2.40. The average molecular weight is 436 g/mol. The van der Waals surface area contributed by atoms with Crippen LogP contribution in [0.3, 0.4) is 0 Å². The van der Waals surface area contributed by atoms with Crippen molar-refractivity contribution in [3.05, 3.63) is 42.5 Å². The molecule has 2 aromatic carbocycles. The number of hydrogen-bond donors (Lipinski definition) is 1. The fourth-order valence-corrected chi connectivity index (χ4v) is 5.19. The van der Waals surface area contributed by atoms with Crippen molar-refractivity contribution >= 4 is 28.6 Å². The van der Waals surface area contributed by atoms with Crippen LogP contribution in [0, 0.1) is 11.3 Å². The summed E-state index contributed by atoms with van der Waals surface area (Å²) >= 11 is 0. The predicted octanol–water partition coefficient (Wildman–Crippen LogP) is 6.49. The standard InChI is InChI=1S/C26H33N3O3/c1-6-31-21-9-7-19(8-10-21)27-25-28-23-14-22(32-18(3)30)11-12-24(23)29(25)20-13-17(2)15-26(4,5)16-20/h7-12,14,17,20H,6,13,15-16H2,1-5H3,(H,27,28)/t17-,20+/m1/s1. The molecule has 0 spiro atoms.